The molecule has 0 saturated carbocycles. The van der Waals surface area contributed by atoms with Crippen LogP contribution in [0, 0.1) is 0 Å². The second-order valence-corrected chi connectivity index (χ2v) is 3.32. The quantitative estimate of drug-likeness (QED) is 0.498. The normalized spacial score (nSPS) is 10.1. The third-order valence-electron chi connectivity index (χ3n) is 1.92. The van der Waals surface area contributed by atoms with Crippen molar-refractivity contribution in [1.82, 2.24) is 10.2 Å². The van der Waals surface area contributed by atoms with Crippen molar-refractivity contribution in [3.63, 3.8) is 0 Å². The highest BCUT2D eigenvalue weighted by atomic mass is 32.1. The van der Waals surface area contributed by atoms with Gasteiger partial charge in [-0.3, -0.25) is 0 Å². The summed E-state index contributed by atoms with van der Waals surface area (Å²) in [6.45, 7) is 8.47. The maximum Gasteiger partial charge on any atom is 0.168 e. The molecule has 0 spiro atoms. The third-order valence-corrected chi connectivity index (χ3v) is 2.38. The summed E-state index contributed by atoms with van der Waals surface area (Å²) < 4.78 is 10.6. The summed E-state index contributed by atoms with van der Waals surface area (Å²) >= 11 is 5.18. The highest BCUT2D eigenvalue weighted by molar-refractivity contribution is 7.80. The molecule has 0 radical (unpaired) electrons. The van der Waals surface area contributed by atoms with E-state index >= 15 is 0 Å². The van der Waals surface area contributed by atoms with E-state index < -0.39 is 0 Å². The molecule has 0 aliphatic rings. The number of hydrogen-bond donors (Lipinski definition) is 1. The van der Waals surface area contributed by atoms with E-state index in [1.165, 1.54) is 0 Å². The molecule has 0 fully saturated rings. The molecule has 15 heavy (non-hydrogen) atoms. The summed E-state index contributed by atoms with van der Waals surface area (Å²) in [4.78, 5) is 2.06. The second-order valence-electron chi connectivity index (χ2n) is 2.94. The van der Waals surface area contributed by atoms with Gasteiger partial charge in [0.15, 0.2) is 5.11 Å². The molecule has 0 aliphatic carbocycles. The van der Waals surface area contributed by atoms with Crippen LogP contribution in [0.2, 0.25) is 0 Å². The molecule has 4 nitrogen and oxygen atoms in total. The van der Waals surface area contributed by atoms with Gasteiger partial charge in [-0.15, -0.1) is 0 Å². The Morgan fingerprint density at radius 2 is 1.60 bits per heavy atom. The fourth-order valence-electron chi connectivity index (χ4n) is 1.11. The van der Waals surface area contributed by atoms with Crippen LogP contribution in [0.15, 0.2) is 0 Å². The van der Waals surface area contributed by atoms with Crippen molar-refractivity contribution in [2.75, 3.05) is 46.6 Å². The summed E-state index contributed by atoms with van der Waals surface area (Å²) in [5, 5.41) is 3.71. The van der Waals surface area contributed by atoms with Crippen molar-refractivity contribution in [2.24, 2.45) is 0 Å². The maximum absolute atomic E-state index is 5.30. The Morgan fingerprint density at radius 1 is 1.13 bits per heavy atom. The van der Waals surface area contributed by atoms with E-state index in [1.807, 2.05) is 20.9 Å². The van der Waals surface area contributed by atoms with Gasteiger partial charge in [0, 0.05) is 33.4 Å². The molecule has 0 aromatic carbocycles. The predicted octanol–water partition coefficient (Wildman–Crippen LogP) is 0.866. The van der Waals surface area contributed by atoms with Crippen molar-refractivity contribution < 1.29 is 9.47 Å². The minimum atomic E-state index is 0.699. The second kappa shape index (κ2) is 10.1. The Labute approximate surface area is 97.9 Å². The summed E-state index contributed by atoms with van der Waals surface area (Å²) in [5.74, 6) is 0. The van der Waals surface area contributed by atoms with E-state index in [4.69, 9.17) is 21.7 Å². The number of ether oxygens (including phenoxy) is 2. The molecule has 0 saturated heterocycles. The lowest BCUT2D eigenvalue weighted by molar-refractivity contribution is 0.107. The fraction of sp³-hybridized carbons (Fsp3) is 0.900. The summed E-state index contributed by atoms with van der Waals surface area (Å²) in [5.41, 5.74) is 0. The lowest BCUT2D eigenvalue weighted by Gasteiger charge is -2.24. The Hall–Kier alpha value is -0.390. The zero-order valence-electron chi connectivity index (χ0n) is 9.91. The molecule has 0 unspecified atom stereocenters. The topological polar surface area (TPSA) is 33.7 Å². The van der Waals surface area contributed by atoms with Gasteiger partial charge in [-0.05, 0) is 26.1 Å². The minimum Gasteiger partial charge on any atom is -0.380 e. The predicted molar refractivity (Wildman–Crippen MR) is 66.2 cm³/mol. The van der Waals surface area contributed by atoms with Crippen molar-refractivity contribution in [3.8, 4) is 0 Å². The maximum atomic E-state index is 5.30. The van der Waals surface area contributed by atoms with E-state index in [0.717, 1.165) is 31.4 Å². The van der Waals surface area contributed by atoms with E-state index in [-0.39, 0.29) is 0 Å². The molecule has 1 N–H and O–H groups in total. The fourth-order valence-corrected chi connectivity index (χ4v) is 1.29. The third kappa shape index (κ3) is 7.53. The van der Waals surface area contributed by atoms with E-state index in [9.17, 15) is 0 Å². The van der Waals surface area contributed by atoms with Crippen molar-refractivity contribution in [1.29, 1.82) is 0 Å². The lowest BCUT2D eigenvalue weighted by atomic mass is 10.5. The number of hydrogen-bond acceptors (Lipinski definition) is 3. The summed E-state index contributed by atoms with van der Waals surface area (Å²) in [7, 11) is 1.83. The first kappa shape index (κ1) is 14.6. The number of nitrogens with zero attached hydrogens (tertiary/aromatic N) is 1. The lowest BCUT2D eigenvalue weighted by Crippen LogP contribution is -2.41. The Balaban J connectivity index is 3.79. The van der Waals surface area contributed by atoms with Gasteiger partial charge in [-0.25, -0.2) is 0 Å². The first-order valence-electron chi connectivity index (χ1n) is 5.38. The average Bonchev–Trinajstić information content (AvgIpc) is 2.26. The molecule has 5 heteroatoms. The van der Waals surface area contributed by atoms with Crippen LogP contribution in [0.5, 0.6) is 0 Å². The Bertz CT molecular complexity index is 158. The molecule has 0 amide bonds. The SMILES string of the molecule is CCOCCN(CCOCC)C(=S)NC. The van der Waals surface area contributed by atoms with Crippen LogP contribution in [-0.4, -0.2) is 56.6 Å². The molecule has 90 valence electrons. The van der Waals surface area contributed by atoms with E-state index in [1.54, 1.807) is 0 Å². The highest BCUT2D eigenvalue weighted by Crippen LogP contribution is 1.91. The molecule has 0 aromatic rings. The summed E-state index contributed by atoms with van der Waals surface area (Å²) in [6, 6.07) is 0. The van der Waals surface area contributed by atoms with Crippen LogP contribution >= 0.6 is 12.2 Å². The number of nitrogens with one attached hydrogen (secondary N) is 1. The van der Waals surface area contributed by atoms with Gasteiger partial charge in [0.2, 0.25) is 0 Å². The minimum absolute atomic E-state index is 0.699. The number of thiocarbonyl (C=S) groups is 1. The van der Waals surface area contributed by atoms with Crippen LogP contribution in [-0.2, 0) is 9.47 Å². The average molecular weight is 234 g/mol. The van der Waals surface area contributed by atoms with Crippen LogP contribution in [0.4, 0.5) is 0 Å². The molecule has 0 atom stereocenters. The number of rotatable bonds is 8. The zero-order valence-corrected chi connectivity index (χ0v) is 10.7. The first-order chi connectivity index (χ1) is 7.26. The first-order valence-corrected chi connectivity index (χ1v) is 5.79. The largest absolute Gasteiger partial charge is 0.380 e. The smallest absolute Gasteiger partial charge is 0.168 e. The van der Waals surface area contributed by atoms with Gasteiger partial charge in [0.05, 0.1) is 13.2 Å². The Morgan fingerprint density at radius 3 is 1.93 bits per heavy atom. The van der Waals surface area contributed by atoms with E-state index in [2.05, 4.69) is 10.2 Å². The molecule has 0 aromatic heterocycles. The molecule has 0 heterocycles. The van der Waals surface area contributed by atoms with Crippen LogP contribution < -0.4 is 5.32 Å². The van der Waals surface area contributed by atoms with Crippen LogP contribution in [0.3, 0.4) is 0 Å². The van der Waals surface area contributed by atoms with Gasteiger partial charge in [-0.2, -0.15) is 0 Å². The van der Waals surface area contributed by atoms with Gasteiger partial charge >= 0.3 is 0 Å². The van der Waals surface area contributed by atoms with Crippen molar-refractivity contribution in [3.05, 3.63) is 0 Å². The molecule has 0 rings (SSSR count). The molecule has 0 aliphatic heterocycles. The molecular formula is C10H22N2O2S. The monoisotopic (exact) mass is 234 g/mol. The van der Waals surface area contributed by atoms with Gasteiger partial charge < -0.3 is 19.7 Å². The standard InChI is InChI=1S/C10H22N2O2S/c1-4-13-8-6-12(10(15)11-3)7-9-14-5-2/h4-9H2,1-3H3,(H,11,15). The highest BCUT2D eigenvalue weighted by Gasteiger charge is 2.06. The van der Waals surface area contributed by atoms with E-state index in [0.29, 0.717) is 13.2 Å². The van der Waals surface area contributed by atoms with Crippen molar-refractivity contribution in [2.45, 2.75) is 13.8 Å². The van der Waals surface area contributed by atoms with Crippen LogP contribution in [0.25, 0.3) is 0 Å². The zero-order chi connectivity index (χ0) is 11.5. The molecular weight excluding hydrogens is 212 g/mol. The summed E-state index contributed by atoms with van der Waals surface area (Å²) in [6.07, 6.45) is 0. The van der Waals surface area contributed by atoms with Crippen molar-refractivity contribution >= 4 is 17.3 Å². The molecule has 0 bridgehead atoms. The van der Waals surface area contributed by atoms with Crippen LogP contribution in [0.1, 0.15) is 13.8 Å². The van der Waals surface area contributed by atoms with Gasteiger partial charge in [0.25, 0.3) is 0 Å². The van der Waals surface area contributed by atoms with Gasteiger partial charge in [-0.1, -0.05) is 0 Å². The van der Waals surface area contributed by atoms with Gasteiger partial charge in [0.1, 0.15) is 0 Å². The Kier molecular flexibility index (Phi) is 9.88.